The first-order valence-corrected chi connectivity index (χ1v) is 8.94. The minimum atomic E-state index is -0.391. The highest BCUT2D eigenvalue weighted by Crippen LogP contribution is 2.30. The molecule has 0 bridgehead atoms. The zero-order chi connectivity index (χ0) is 17.4. The third kappa shape index (κ3) is 5.71. The summed E-state index contributed by atoms with van der Waals surface area (Å²) in [7, 11) is 4.11. The van der Waals surface area contributed by atoms with Crippen molar-refractivity contribution in [1.82, 2.24) is 4.90 Å². The average molecular weight is 334 g/mol. The highest BCUT2D eigenvalue weighted by Gasteiger charge is 2.30. The van der Waals surface area contributed by atoms with Gasteiger partial charge >= 0.3 is 6.09 Å². The fourth-order valence-corrected chi connectivity index (χ4v) is 3.13. The van der Waals surface area contributed by atoms with Crippen molar-refractivity contribution in [1.29, 1.82) is 0 Å². The Labute approximate surface area is 145 Å². The van der Waals surface area contributed by atoms with Gasteiger partial charge in [-0.15, -0.1) is 0 Å². The Hall–Kier alpha value is -1.75. The zero-order valence-corrected chi connectivity index (χ0v) is 15.1. The molecule has 1 N–H and O–H groups in total. The minimum absolute atomic E-state index is 0.000530. The van der Waals surface area contributed by atoms with Crippen LogP contribution in [0.3, 0.4) is 0 Å². The summed E-state index contributed by atoms with van der Waals surface area (Å²) in [5.41, 5.74) is 0.667. The van der Waals surface area contributed by atoms with Gasteiger partial charge in [0.1, 0.15) is 11.9 Å². The van der Waals surface area contributed by atoms with Crippen molar-refractivity contribution >= 4 is 11.8 Å². The van der Waals surface area contributed by atoms with Crippen molar-refractivity contribution in [2.24, 2.45) is 5.92 Å². The van der Waals surface area contributed by atoms with E-state index in [9.17, 15) is 4.79 Å². The van der Waals surface area contributed by atoms with E-state index in [0.717, 1.165) is 38.6 Å². The Morgan fingerprint density at radius 3 is 2.83 bits per heavy atom. The molecule has 24 heavy (non-hydrogen) atoms. The summed E-state index contributed by atoms with van der Waals surface area (Å²) in [5, 5.41) is 2.84. The highest BCUT2D eigenvalue weighted by atomic mass is 16.6. The number of carbonyl (C=O) groups excluding carboxylic acids is 1. The second-order valence-electron chi connectivity index (χ2n) is 6.72. The maximum atomic E-state index is 12.3. The molecule has 2 rings (SSSR count). The largest absolute Gasteiger partial charge is 0.491 e. The summed E-state index contributed by atoms with van der Waals surface area (Å²) in [6.45, 7) is 3.73. The van der Waals surface area contributed by atoms with Crippen LogP contribution in [0.1, 0.15) is 39.0 Å². The first-order chi connectivity index (χ1) is 11.6. The van der Waals surface area contributed by atoms with Crippen LogP contribution >= 0.6 is 0 Å². The van der Waals surface area contributed by atoms with Crippen LogP contribution in [0.2, 0.25) is 0 Å². The number of para-hydroxylation sites is 2. The lowest BCUT2D eigenvalue weighted by atomic mass is 10.1. The number of nitrogens with one attached hydrogen (secondary N) is 1. The Morgan fingerprint density at radius 2 is 2.08 bits per heavy atom. The summed E-state index contributed by atoms with van der Waals surface area (Å²) in [4.78, 5) is 14.4. The molecule has 0 unspecified atom stereocenters. The third-order valence-electron chi connectivity index (χ3n) is 4.33. The molecule has 5 heteroatoms. The zero-order valence-electron chi connectivity index (χ0n) is 15.1. The molecule has 134 valence electrons. The average Bonchev–Trinajstić information content (AvgIpc) is 2.95. The SMILES string of the molecule is CCCCOc1ccccc1NC(=O)O[C@@H]1CCC[C@@H]1CN(C)C. The smallest absolute Gasteiger partial charge is 0.412 e. The molecule has 0 aromatic heterocycles. The summed E-state index contributed by atoms with van der Waals surface area (Å²) >= 11 is 0. The maximum absolute atomic E-state index is 12.3. The number of amides is 1. The van der Waals surface area contributed by atoms with Gasteiger partial charge in [0.25, 0.3) is 0 Å². The standard InChI is InChI=1S/C19H30N2O3/c1-4-5-13-23-18-11-7-6-10-16(18)20-19(22)24-17-12-8-9-15(17)14-21(2)3/h6-7,10-11,15,17H,4-5,8-9,12-14H2,1-3H3,(H,20,22)/t15-,17-/m1/s1. The summed E-state index contributed by atoms with van der Waals surface area (Å²) < 4.78 is 11.4. The Balaban J connectivity index is 1.90. The molecule has 2 atom stereocenters. The van der Waals surface area contributed by atoms with Gasteiger partial charge in [0, 0.05) is 12.5 Å². The van der Waals surface area contributed by atoms with Crippen LogP contribution in [0, 0.1) is 5.92 Å². The van der Waals surface area contributed by atoms with Crippen molar-refractivity contribution in [2.45, 2.75) is 45.1 Å². The number of anilines is 1. The van der Waals surface area contributed by atoms with Gasteiger partial charge in [0.15, 0.2) is 0 Å². The molecule has 1 fully saturated rings. The molecule has 5 nitrogen and oxygen atoms in total. The lowest BCUT2D eigenvalue weighted by Crippen LogP contribution is -2.31. The van der Waals surface area contributed by atoms with E-state index in [1.165, 1.54) is 0 Å². The quantitative estimate of drug-likeness (QED) is 0.726. The number of ether oxygens (including phenoxy) is 2. The lowest BCUT2D eigenvalue weighted by Gasteiger charge is -2.23. The number of hydrogen-bond donors (Lipinski definition) is 1. The Bertz CT molecular complexity index is 519. The Kier molecular flexibility index (Phi) is 7.37. The predicted octanol–water partition coefficient (Wildman–Crippen LogP) is 4.14. The molecule has 0 aliphatic heterocycles. The highest BCUT2D eigenvalue weighted by molar-refractivity contribution is 5.86. The first-order valence-electron chi connectivity index (χ1n) is 8.94. The van der Waals surface area contributed by atoms with Crippen molar-refractivity contribution in [2.75, 3.05) is 32.6 Å². The molecule has 0 spiro atoms. The van der Waals surface area contributed by atoms with E-state index in [1.807, 2.05) is 24.3 Å². The van der Waals surface area contributed by atoms with E-state index in [4.69, 9.17) is 9.47 Å². The summed E-state index contributed by atoms with van der Waals surface area (Å²) in [6.07, 6.45) is 4.86. The van der Waals surface area contributed by atoms with Crippen LogP contribution in [0.25, 0.3) is 0 Å². The fourth-order valence-electron chi connectivity index (χ4n) is 3.13. The van der Waals surface area contributed by atoms with Crippen molar-refractivity contribution in [3.63, 3.8) is 0 Å². The van der Waals surface area contributed by atoms with Crippen molar-refractivity contribution in [3.8, 4) is 5.75 Å². The maximum Gasteiger partial charge on any atom is 0.412 e. The van der Waals surface area contributed by atoms with Gasteiger partial charge in [0.05, 0.1) is 12.3 Å². The molecule has 1 amide bonds. The van der Waals surface area contributed by atoms with Crippen LogP contribution < -0.4 is 10.1 Å². The van der Waals surface area contributed by atoms with Crippen molar-refractivity contribution in [3.05, 3.63) is 24.3 Å². The van der Waals surface area contributed by atoms with Gasteiger partial charge < -0.3 is 14.4 Å². The van der Waals surface area contributed by atoms with Gasteiger partial charge in [0.2, 0.25) is 0 Å². The van der Waals surface area contributed by atoms with E-state index in [0.29, 0.717) is 24.0 Å². The second-order valence-corrected chi connectivity index (χ2v) is 6.72. The number of carbonyl (C=O) groups is 1. The number of hydrogen-bond acceptors (Lipinski definition) is 4. The fraction of sp³-hybridized carbons (Fsp3) is 0.632. The topological polar surface area (TPSA) is 50.8 Å². The van der Waals surface area contributed by atoms with E-state index in [2.05, 4.69) is 31.2 Å². The van der Waals surface area contributed by atoms with Crippen LogP contribution in [-0.2, 0) is 4.74 Å². The molecule has 0 heterocycles. The predicted molar refractivity (Wildman–Crippen MR) is 96.6 cm³/mol. The van der Waals surface area contributed by atoms with Gasteiger partial charge in [-0.1, -0.05) is 25.5 Å². The van der Waals surface area contributed by atoms with Crippen molar-refractivity contribution < 1.29 is 14.3 Å². The van der Waals surface area contributed by atoms with Crippen LogP contribution in [0.5, 0.6) is 5.75 Å². The molecule has 0 saturated heterocycles. The molecule has 0 radical (unpaired) electrons. The molecule has 1 aromatic rings. The second kappa shape index (κ2) is 9.52. The van der Waals surface area contributed by atoms with Crippen LogP contribution in [-0.4, -0.2) is 44.3 Å². The summed E-state index contributed by atoms with van der Waals surface area (Å²) in [6, 6.07) is 7.50. The Morgan fingerprint density at radius 1 is 1.29 bits per heavy atom. The molecular formula is C19H30N2O3. The number of rotatable bonds is 8. The van der Waals surface area contributed by atoms with Gasteiger partial charge in [-0.2, -0.15) is 0 Å². The minimum Gasteiger partial charge on any atom is -0.491 e. The monoisotopic (exact) mass is 334 g/mol. The normalized spacial score (nSPS) is 20.2. The third-order valence-corrected chi connectivity index (χ3v) is 4.33. The molecule has 1 saturated carbocycles. The number of unbranched alkanes of at least 4 members (excludes halogenated alkanes) is 1. The van der Waals surface area contributed by atoms with Gasteiger partial charge in [-0.3, -0.25) is 5.32 Å². The molecule has 1 aliphatic rings. The summed E-state index contributed by atoms with van der Waals surface area (Å²) in [5.74, 6) is 1.11. The molecule has 1 aliphatic carbocycles. The van der Waals surface area contributed by atoms with Gasteiger partial charge in [-0.25, -0.2) is 4.79 Å². The van der Waals surface area contributed by atoms with E-state index >= 15 is 0 Å². The van der Waals surface area contributed by atoms with E-state index in [-0.39, 0.29) is 6.10 Å². The molecule has 1 aromatic carbocycles. The molecular weight excluding hydrogens is 304 g/mol. The first kappa shape index (κ1) is 18.6. The van der Waals surface area contributed by atoms with Gasteiger partial charge in [-0.05, 0) is 51.9 Å². The number of benzene rings is 1. The van der Waals surface area contributed by atoms with E-state index in [1.54, 1.807) is 0 Å². The lowest BCUT2D eigenvalue weighted by molar-refractivity contribution is 0.0780. The van der Waals surface area contributed by atoms with Crippen LogP contribution in [0.4, 0.5) is 10.5 Å². The van der Waals surface area contributed by atoms with E-state index < -0.39 is 6.09 Å². The van der Waals surface area contributed by atoms with Crippen LogP contribution in [0.15, 0.2) is 24.3 Å². The number of nitrogens with zero attached hydrogens (tertiary/aromatic N) is 1.